The van der Waals surface area contributed by atoms with Gasteiger partial charge in [0.05, 0.1) is 16.8 Å². The van der Waals surface area contributed by atoms with Crippen molar-refractivity contribution in [1.29, 1.82) is 0 Å². The summed E-state index contributed by atoms with van der Waals surface area (Å²) in [6.45, 7) is 0.908. The van der Waals surface area contributed by atoms with E-state index in [0.717, 1.165) is 32.6 Å². The number of carbonyl (C=O) groups excluding carboxylic acids is 1. The summed E-state index contributed by atoms with van der Waals surface area (Å²) in [5.74, 6) is 1.85. The molecule has 0 radical (unpaired) electrons. The van der Waals surface area contributed by atoms with Gasteiger partial charge in [-0.15, -0.1) is 0 Å². The first kappa shape index (κ1) is 13.9. The van der Waals surface area contributed by atoms with Crippen LogP contribution in [-0.4, -0.2) is 33.3 Å². The van der Waals surface area contributed by atoms with E-state index in [1.165, 1.54) is 11.3 Å². The van der Waals surface area contributed by atoms with Crippen molar-refractivity contribution in [2.45, 2.75) is 6.42 Å². The van der Waals surface area contributed by atoms with Gasteiger partial charge < -0.3 is 5.32 Å². The van der Waals surface area contributed by atoms with Crippen molar-refractivity contribution >= 4 is 60.5 Å². The number of aromatic nitrogens is 1. The van der Waals surface area contributed by atoms with Crippen LogP contribution in [-0.2, 0) is 4.79 Å². The Bertz CT molecular complexity index is 620. The molecule has 2 aromatic rings. The van der Waals surface area contributed by atoms with E-state index in [2.05, 4.69) is 15.3 Å². The molecule has 0 spiro atoms. The summed E-state index contributed by atoms with van der Waals surface area (Å²) >= 11 is 4.94. The third-order valence-electron chi connectivity index (χ3n) is 2.65. The Morgan fingerprint density at radius 1 is 1.40 bits per heavy atom. The summed E-state index contributed by atoms with van der Waals surface area (Å²) < 4.78 is 2.20. The van der Waals surface area contributed by atoms with Gasteiger partial charge in [0.1, 0.15) is 4.38 Å². The molecule has 1 aliphatic rings. The van der Waals surface area contributed by atoms with Crippen molar-refractivity contribution in [3.8, 4) is 0 Å². The van der Waals surface area contributed by atoms with Gasteiger partial charge in [0.15, 0.2) is 5.13 Å². The smallest absolute Gasteiger partial charge is 0.226 e. The van der Waals surface area contributed by atoms with Crippen molar-refractivity contribution in [1.82, 2.24) is 4.98 Å². The Balaban J connectivity index is 1.50. The summed E-state index contributed by atoms with van der Waals surface area (Å²) in [6, 6.07) is 7.88. The molecule has 4 nitrogen and oxygen atoms in total. The van der Waals surface area contributed by atoms with E-state index >= 15 is 0 Å². The number of carbonyl (C=O) groups is 1. The van der Waals surface area contributed by atoms with Crippen LogP contribution in [0.5, 0.6) is 0 Å². The molecule has 0 atom stereocenters. The molecule has 0 aliphatic carbocycles. The number of nitrogens with one attached hydrogen (secondary N) is 1. The number of amides is 1. The molecular weight excluding hydrogens is 310 g/mol. The van der Waals surface area contributed by atoms with Gasteiger partial charge in [0.2, 0.25) is 5.91 Å². The monoisotopic (exact) mass is 323 g/mol. The summed E-state index contributed by atoms with van der Waals surface area (Å²) in [7, 11) is 0. The Labute approximate surface area is 129 Å². The van der Waals surface area contributed by atoms with E-state index < -0.39 is 0 Å². The van der Waals surface area contributed by atoms with Crippen LogP contribution in [0.3, 0.4) is 0 Å². The van der Waals surface area contributed by atoms with E-state index in [0.29, 0.717) is 11.6 Å². The van der Waals surface area contributed by atoms with Gasteiger partial charge in [-0.2, -0.15) is 0 Å². The minimum absolute atomic E-state index is 0.0140. The number of hydrogen-bond acceptors (Lipinski definition) is 6. The number of nitrogens with zero attached hydrogens (tertiary/aromatic N) is 2. The van der Waals surface area contributed by atoms with Crippen molar-refractivity contribution < 1.29 is 4.79 Å². The van der Waals surface area contributed by atoms with Gasteiger partial charge in [-0.25, -0.2) is 4.98 Å². The molecule has 0 unspecified atom stereocenters. The maximum atomic E-state index is 11.9. The van der Waals surface area contributed by atoms with Gasteiger partial charge in [0.25, 0.3) is 0 Å². The molecule has 1 aromatic heterocycles. The number of aliphatic imine (C=N–C) groups is 1. The number of para-hydroxylation sites is 1. The average molecular weight is 323 g/mol. The van der Waals surface area contributed by atoms with Crippen LogP contribution >= 0.6 is 34.9 Å². The van der Waals surface area contributed by atoms with Gasteiger partial charge in [-0.3, -0.25) is 9.79 Å². The van der Waals surface area contributed by atoms with Crippen LogP contribution in [0.2, 0.25) is 0 Å². The third kappa shape index (κ3) is 3.53. The zero-order valence-corrected chi connectivity index (χ0v) is 13.1. The van der Waals surface area contributed by atoms with Crippen molar-refractivity contribution in [2.75, 3.05) is 23.4 Å². The highest BCUT2D eigenvalue weighted by Gasteiger charge is 2.10. The predicted octanol–water partition coefficient (Wildman–Crippen LogP) is 3.46. The van der Waals surface area contributed by atoms with Gasteiger partial charge in [0, 0.05) is 17.9 Å². The number of rotatable bonds is 4. The lowest BCUT2D eigenvalue weighted by molar-refractivity contribution is -0.115. The van der Waals surface area contributed by atoms with Gasteiger partial charge in [-0.1, -0.05) is 47.0 Å². The second-order valence-corrected chi connectivity index (χ2v) is 7.59. The van der Waals surface area contributed by atoms with Crippen LogP contribution in [0.25, 0.3) is 10.2 Å². The van der Waals surface area contributed by atoms with E-state index in [1.807, 2.05) is 24.3 Å². The Kier molecular flexibility index (Phi) is 4.59. The fourth-order valence-electron chi connectivity index (χ4n) is 1.74. The SMILES string of the molecule is O=C(CCSC1=NCCS1)Nc1nc2ccccc2s1. The minimum Gasteiger partial charge on any atom is -0.302 e. The first-order chi connectivity index (χ1) is 9.81. The van der Waals surface area contributed by atoms with Crippen molar-refractivity contribution in [3.63, 3.8) is 0 Å². The molecule has 104 valence electrons. The van der Waals surface area contributed by atoms with Gasteiger partial charge in [-0.05, 0) is 12.1 Å². The predicted molar refractivity (Wildman–Crippen MR) is 90.1 cm³/mol. The molecule has 1 N–H and O–H groups in total. The second-order valence-electron chi connectivity index (χ2n) is 4.13. The van der Waals surface area contributed by atoms with Crippen LogP contribution in [0.4, 0.5) is 5.13 Å². The van der Waals surface area contributed by atoms with E-state index in [-0.39, 0.29) is 5.91 Å². The lowest BCUT2D eigenvalue weighted by Crippen LogP contribution is -2.12. The first-order valence-corrected chi connectivity index (χ1v) is 9.05. The molecule has 0 fully saturated rings. The molecule has 0 saturated carbocycles. The van der Waals surface area contributed by atoms with Crippen LogP contribution in [0, 0.1) is 0 Å². The molecule has 7 heteroatoms. The molecule has 20 heavy (non-hydrogen) atoms. The topological polar surface area (TPSA) is 54.4 Å². The highest BCUT2D eigenvalue weighted by atomic mass is 32.2. The largest absolute Gasteiger partial charge is 0.302 e. The van der Waals surface area contributed by atoms with Crippen LogP contribution < -0.4 is 5.32 Å². The zero-order valence-electron chi connectivity index (χ0n) is 10.7. The molecule has 1 aliphatic heterocycles. The lowest BCUT2D eigenvalue weighted by atomic mass is 10.3. The minimum atomic E-state index is 0.0140. The fourth-order valence-corrected chi connectivity index (χ4v) is 4.64. The summed E-state index contributed by atoms with van der Waals surface area (Å²) in [5, 5.41) is 3.54. The highest BCUT2D eigenvalue weighted by Crippen LogP contribution is 2.26. The Morgan fingerprint density at radius 2 is 2.30 bits per heavy atom. The van der Waals surface area contributed by atoms with Crippen molar-refractivity contribution in [2.24, 2.45) is 4.99 Å². The summed E-state index contributed by atoms with van der Waals surface area (Å²) in [6.07, 6.45) is 0.486. The Morgan fingerprint density at radius 3 is 3.10 bits per heavy atom. The van der Waals surface area contributed by atoms with E-state index in [1.54, 1.807) is 23.5 Å². The molecule has 1 aromatic carbocycles. The molecule has 0 saturated heterocycles. The maximum absolute atomic E-state index is 11.9. The lowest BCUT2D eigenvalue weighted by Gasteiger charge is -2.01. The first-order valence-electron chi connectivity index (χ1n) is 6.27. The van der Waals surface area contributed by atoms with Gasteiger partial charge >= 0.3 is 0 Å². The number of thiazole rings is 1. The van der Waals surface area contributed by atoms with Crippen LogP contribution in [0.1, 0.15) is 6.42 Å². The molecular formula is C13H13N3OS3. The molecule has 2 heterocycles. The van der Waals surface area contributed by atoms with Crippen molar-refractivity contribution in [3.05, 3.63) is 24.3 Å². The molecule has 1 amide bonds. The Hall–Kier alpha value is -1.05. The standard InChI is InChI=1S/C13H13N3OS3/c17-11(5-7-18-13-14-6-8-19-13)16-12-15-9-3-1-2-4-10(9)20-12/h1-4H,5-8H2,(H,15,16,17). The summed E-state index contributed by atoms with van der Waals surface area (Å²) in [5.41, 5.74) is 0.930. The molecule has 0 bridgehead atoms. The number of benzene rings is 1. The molecule has 3 rings (SSSR count). The highest BCUT2D eigenvalue weighted by molar-refractivity contribution is 8.39. The number of thioether (sulfide) groups is 2. The number of hydrogen-bond donors (Lipinski definition) is 1. The fraction of sp³-hybridized carbons (Fsp3) is 0.308. The van der Waals surface area contributed by atoms with E-state index in [9.17, 15) is 4.79 Å². The number of fused-ring (bicyclic) bond motifs is 1. The quantitative estimate of drug-likeness (QED) is 0.936. The number of anilines is 1. The second kappa shape index (κ2) is 6.60. The normalized spacial score (nSPS) is 14.5. The maximum Gasteiger partial charge on any atom is 0.226 e. The summed E-state index contributed by atoms with van der Waals surface area (Å²) in [4.78, 5) is 20.6. The van der Waals surface area contributed by atoms with Crippen LogP contribution in [0.15, 0.2) is 29.3 Å². The van der Waals surface area contributed by atoms with E-state index in [4.69, 9.17) is 0 Å². The zero-order chi connectivity index (χ0) is 13.8. The third-order valence-corrected chi connectivity index (χ3v) is 5.86. The average Bonchev–Trinajstić information content (AvgIpc) is 3.06.